The maximum Gasteiger partial charge on any atom is 0.342 e. The van der Waals surface area contributed by atoms with Gasteiger partial charge in [-0.25, -0.2) is 4.79 Å². The van der Waals surface area contributed by atoms with Crippen LogP contribution < -0.4 is 10.1 Å². The van der Waals surface area contributed by atoms with Crippen molar-refractivity contribution in [2.45, 2.75) is 26.4 Å². The summed E-state index contributed by atoms with van der Waals surface area (Å²) in [7, 11) is 1.44. The molecule has 0 unspecified atom stereocenters. The molecule has 0 spiro atoms. The summed E-state index contributed by atoms with van der Waals surface area (Å²) in [4.78, 5) is 24.5. The first-order valence-electron chi connectivity index (χ1n) is 7.89. The zero-order chi connectivity index (χ0) is 18.4. The maximum atomic E-state index is 12.3. The summed E-state index contributed by atoms with van der Waals surface area (Å²) < 4.78 is 10.3. The maximum absolute atomic E-state index is 12.3. The summed E-state index contributed by atoms with van der Waals surface area (Å²) >= 11 is 5.91. The normalized spacial score (nSPS) is 11.5. The van der Waals surface area contributed by atoms with E-state index in [0.29, 0.717) is 16.5 Å². The Morgan fingerprint density at radius 1 is 1.16 bits per heavy atom. The van der Waals surface area contributed by atoms with Gasteiger partial charge in [-0.3, -0.25) is 4.79 Å². The molecule has 1 amide bonds. The number of rotatable bonds is 6. The lowest BCUT2D eigenvalue weighted by Crippen LogP contribution is -2.30. The number of hydrogen-bond acceptors (Lipinski definition) is 4. The Kier molecular flexibility index (Phi) is 6.42. The number of benzene rings is 2. The predicted octanol–water partition coefficient (Wildman–Crippen LogP) is 4.10. The molecule has 0 saturated carbocycles. The van der Waals surface area contributed by atoms with Crippen LogP contribution in [-0.4, -0.2) is 25.1 Å². The fraction of sp³-hybridized carbons (Fsp3) is 0.263. The molecule has 0 aliphatic rings. The molecule has 5 nitrogen and oxygen atoms in total. The third-order valence-electron chi connectivity index (χ3n) is 3.66. The van der Waals surface area contributed by atoms with Crippen molar-refractivity contribution < 1.29 is 19.1 Å². The van der Waals surface area contributed by atoms with E-state index in [1.165, 1.54) is 25.7 Å². The first-order valence-corrected chi connectivity index (χ1v) is 8.26. The van der Waals surface area contributed by atoms with Gasteiger partial charge in [0.2, 0.25) is 0 Å². The molecule has 0 radical (unpaired) electrons. The van der Waals surface area contributed by atoms with Gasteiger partial charge < -0.3 is 14.8 Å². The van der Waals surface area contributed by atoms with Crippen molar-refractivity contribution in [2.24, 2.45) is 0 Å². The second-order valence-electron chi connectivity index (χ2n) is 5.43. The molecule has 0 saturated heterocycles. The van der Waals surface area contributed by atoms with Crippen LogP contribution in [0.15, 0.2) is 42.5 Å². The quantitative estimate of drug-likeness (QED) is 0.787. The standard InChI is InChI=1S/C19H20ClNO4/c1-4-13-5-8-15(9-6-13)21-18(22)12(2)25-19(23)16-11-14(20)7-10-17(16)24-3/h5-12H,4H2,1-3H3,(H,21,22)/t12-/m0/s1. The van der Waals surface area contributed by atoms with Crippen molar-refractivity contribution in [3.8, 4) is 5.75 Å². The van der Waals surface area contributed by atoms with E-state index in [9.17, 15) is 9.59 Å². The molecular formula is C19H20ClNO4. The molecular weight excluding hydrogens is 342 g/mol. The van der Waals surface area contributed by atoms with Gasteiger partial charge in [0, 0.05) is 10.7 Å². The Labute approximate surface area is 151 Å². The molecule has 2 aromatic rings. The Morgan fingerprint density at radius 2 is 1.84 bits per heavy atom. The fourth-order valence-corrected chi connectivity index (χ4v) is 2.36. The van der Waals surface area contributed by atoms with Crippen molar-refractivity contribution in [3.63, 3.8) is 0 Å². The summed E-state index contributed by atoms with van der Waals surface area (Å²) in [6, 6.07) is 12.1. The lowest BCUT2D eigenvalue weighted by molar-refractivity contribution is -0.123. The minimum atomic E-state index is -0.970. The van der Waals surface area contributed by atoms with E-state index < -0.39 is 18.0 Å². The number of ether oxygens (including phenoxy) is 2. The molecule has 0 fully saturated rings. The highest BCUT2D eigenvalue weighted by atomic mass is 35.5. The smallest absolute Gasteiger partial charge is 0.342 e. The highest BCUT2D eigenvalue weighted by Gasteiger charge is 2.21. The minimum Gasteiger partial charge on any atom is -0.496 e. The second kappa shape index (κ2) is 8.53. The van der Waals surface area contributed by atoms with Crippen LogP contribution in [0.1, 0.15) is 29.8 Å². The number of carbonyl (C=O) groups excluding carboxylic acids is 2. The van der Waals surface area contributed by atoms with Gasteiger partial charge in [0.15, 0.2) is 6.10 Å². The zero-order valence-electron chi connectivity index (χ0n) is 14.3. The van der Waals surface area contributed by atoms with E-state index in [4.69, 9.17) is 21.1 Å². The Bertz CT molecular complexity index is 759. The number of amides is 1. The van der Waals surface area contributed by atoms with Crippen molar-refractivity contribution in [1.82, 2.24) is 0 Å². The van der Waals surface area contributed by atoms with Crippen LogP contribution in [-0.2, 0) is 16.0 Å². The van der Waals surface area contributed by atoms with E-state index in [1.807, 2.05) is 24.3 Å². The topological polar surface area (TPSA) is 64.6 Å². The van der Waals surface area contributed by atoms with Crippen LogP contribution >= 0.6 is 11.6 Å². The van der Waals surface area contributed by atoms with Crippen LogP contribution in [0.3, 0.4) is 0 Å². The van der Waals surface area contributed by atoms with Crippen LogP contribution in [0.4, 0.5) is 5.69 Å². The summed E-state index contributed by atoms with van der Waals surface area (Å²) in [5.74, 6) is -0.765. The van der Waals surface area contributed by atoms with Crippen LogP contribution in [0.2, 0.25) is 5.02 Å². The van der Waals surface area contributed by atoms with E-state index in [2.05, 4.69) is 12.2 Å². The van der Waals surface area contributed by atoms with E-state index in [1.54, 1.807) is 12.1 Å². The molecule has 132 valence electrons. The van der Waals surface area contributed by atoms with Crippen molar-refractivity contribution >= 4 is 29.2 Å². The molecule has 0 bridgehead atoms. The number of aryl methyl sites for hydroxylation is 1. The molecule has 0 aliphatic heterocycles. The first-order chi connectivity index (χ1) is 11.9. The summed E-state index contributed by atoms with van der Waals surface area (Å²) in [5.41, 5.74) is 1.98. The Balaban J connectivity index is 2.02. The lowest BCUT2D eigenvalue weighted by atomic mass is 10.1. The fourth-order valence-electron chi connectivity index (χ4n) is 2.18. The van der Waals surface area contributed by atoms with Crippen LogP contribution in [0.25, 0.3) is 0 Å². The van der Waals surface area contributed by atoms with Crippen molar-refractivity contribution in [1.29, 1.82) is 0 Å². The minimum absolute atomic E-state index is 0.168. The summed E-state index contributed by atoms with van der Waals surface area (Å²) in [6.45, 7) is 3.56. The van der Waals surface area contributed by atoms with Crippen molar-refractivity contribution in [3.05, 3.63) is 58.6 Å². The third-order valence-corrected chi connectivity index (χ3v) is 3.90. The number of methoxy groups -OCH3 is 1. The summed E-state index contributed by atoms with van der Waals surface area (Å²) in [5, 5.41) is 3.09. The highest BCUT2D eigenvalue weighted by Crippen LogP contribution is 2.24. The molecule has 0 aromatic heterocycles. The van der Waals surface area contributed by atoms with Gasteiger partial charge >= 0.3 is 5.97 Å². The molecule has 2 rings (SSSR count). The second-order valence-corrected chi connectivity index (χ2v) is 5.87. The van der Waals surface area contributed by atoms with Gasteiger partial charge in [-0.15, -0.1) is 0 Å². The van der Waals surface area contributed by atoms with Crippen LogP contribution in [0.5, 0.6) is 5.75 Å². The van der Waals surface area contributed by atoms with Crippen molar-refractivity contribution in [2.75, 3.05) is 12.4 Å². The molecule has 0 heterocycles. The number of esters is 1. The monoisotopic (exact) mass is 361 g/mol. The number of anilines is 1. The molecule has 1 atom stereocenters. The van der Waals surface area contributed by atoms with Gasteiger partial charge in [-0.2, -0.15) is 0 Å². The Hall–Kier alpha value is -2.53. The third kappa shape index (κ3) is 4.97. The zero-order valence-corrected chi connectivity index (χ0v) is 15.1. The molecule has 0 aliphatic carbocycles. The lowest BCUT2D eigenvalue weighted by Gasteiger charge is -2.15. The number of halogens is 1. The van der Waals surface area contributed by atoms with Gasteiger partial charge in [0.1, 0.15) is 11.3 Å². The van der Waals surface area contributed by atoms with Gasteiger partial charge in [0.25, 0.3) is 5.91 Å². The van der Waals surface area contributed by atoms with E-state index >= 15 is 0 Å². The van der Waals surface area contributed by atoms with Gasteiger partial charge in [-0.05, 0) is 49.2 Å². The first kappa shape index (κ1) is 18.8. The molecule has 6 heteroatoms. The van der Waals surface area contributed by atoms with Gasteiger partial charge in [-0.1, -0.05) is 30.7 Å². The number of nitrogens with one attached hydrogen (secondary N) is 1. The predicted molar refractivity (Wildman–Crippen MR) is 97.3 cm³/mol. The highest BCUT2D eigenvalue weighted by molar-refractivity contribution is 6.31. The van der Waals surface area contributed by atoms with E-state index in [0.717, 1.165) is 6.42 Å². The molecule has 1 N–H and O–H groups in total. The molecule has 25 heavy (non-hydrogen) atoms. The average molecular weight is 362 g/mol. The average Bonchev–Trinajstić information content (AvgIpc) is 2.62. The van der Waals surface area contributed by atoms with E-state index in [-0.39, 0.29) is 5.56 Å². The van der Waals surface area contributed by atoms with Crippen LogP contribution in [0, 0.1) is 0 Å². The molecule has 2 aromatic carbocycles. The number of hydrogen-bond donors (Lipinski definition) is 1. The van der Waals surface area contributed by atoms with Gasteiger partial charge in [0.05, 0.1) is 7.11 Å². The summed E-state index contributed by atoms with van der Waals surface area (Å²) in [6.07, 6.45) is -0.0500. The Morgan fingerprint density at radius 3 is 2.44 bits per heavy atom. The number of carbonyl (C=O) groups is 2. The SMILES string of the molecule is CCc1ccc(NC(=O)[C@H](C)OC(=O)c2cc(Cl)ccc2OC)cc1. The largest absolute Gasteiger partial charge is 0.496 e.